The number of nitrogens with one attached hydrogen (secondary N) is 2. The Morgan fingerprint density at radius 2 is 1.75 bits per heavy atom. The predicted octanol–water partition coefficient (Wildman–Crippen LogP) is 2.94. The molecular weight excluding hydrogens is 347 g/mol. The van der Waals surface area contributed by atoms with E-state index >= 15 is 0 Å². The molecule has 0 bridgehead atoms. The van der Waals surface area contributed by atoms with Gasteiger partial charge in [-0.2, -0.15) is 0 Å². The Hall–Kier alpha value is -2.11. The number of nitrogens with zero attached hydrogens (tertiary/aromatic N) is 2. The van der Waals surface area contributed by atoms with Crippen molar-refractivity contribution in [1.82, 2.24) is 15.8 Å². The predicted molar refractivity (Wildman–Crippen MR) is 100 cm³/mol. The van der Waals surface area contributed by atoms with Crippen LogP contribution in [0.5, 0.6) is 0 Å². The van der Waals surface area contributed by atoms with Crippen LogP contribution in [0.25, 0.3) is 0 Å². The molecule has 2 aromatic rings. The van der Waals surface area contributed by atoms with E-state index in [9.17, 15) is 4.79 Å². The molecule has 7 heteroatoms. The fourth-order valence-corrected chi connectivity index (χ4v) is 2.56. The van der Waals surface area contributed by atoms with Gasteiger partial charge in [-0.25, -0.2) is 0 Å². The van der Waals surface area contributed by atoms with Gasteiger partial charge < -0.3 is 0 Å². The van der Waals surface area contributed by atoms with Gasteiger partial charge in [-0.1, -0.05) is 24.3 Å². The average Bonchev–Trinajstić information content (AvgIpc) is 2.52. The fourth-order valence-electron chi connectivity index (χ4n) is 2.56. The average molecular weight is 367 g/mol. The van der Waals surface area contributed by atoms with Crippen molar-refractivity contribution in [1.29, 1.82) is 0 Å². The number of hydrogen-bond donors (Lipinski definition) is 2. The summed E-state index contributed by atoms with van der Waals surface area (Å²) in [6, 6.07) is 11.4. The molecule has 1 aliphatic heterocycles. The third-order valence-corrected chi connectivity index (χ3v) is 3.55. The van der Waals surface area contributed by atoms with Crippen LogP contribution >= 0.6 is 24.8 Å². The minimum atomic E-state index is -0.217. The largest absolute Gasteiger partial charge is 0.281 e. The second-order valence-corrected chi connectivity index (χ2v) is 5.92. The van der Waals surface area contributed by atoms with Crippen molar-refractivity contribution in [2.24, 2.45) is 4.99 Å². The Morgan fingerprint density at radius 1 is 1.08 bits per heavy atom. The fraction of sp³-hybridized carbons (Fsp3) is 0.235. The van der Waals surface area contributed by atoms with Crippen molar-refractivity contribution in [2.75, 3.05) is 0 Å². The van der Waals surface area contributed by atoms with Crippen LogP contribution in [-0.4, -0.2) is 22.3 Å². The third kappa shape index (κ3) is 4.46. The molecule has 0 fully saturated rings. The van der Waals surface area contributed by atoms with Crippen molar-refractivity contribution in [3.8, 4) is 0 Å². The first-order valence-corrected chi connectivity index (χ1v) is 7.20. The quantitative estimate of drug-likeness (QED) is 0.762. The summed E-state index contributed by atoms with van der Waals surface area (Å²) in [4.78, 5) is 20.7. The van der Waals surface area contributed by atoms with E-state index in [0.29, 0.717) is 11.4 Å². The number of halogens is 2. The molecule has 0 aliphatic carbocycles. The van der Waals surface area contributed by atoms with Crippen LogP contribution in [0.1, 0.15) is 35.3 Å². The second-order valence-electron chi connectivity index (χ2n) is 5.92. The number of amides is 1. The highest BCUT2D eigenvalue weighted by Crippen LogP contribution is 2.25. The highest BCUT2D eigenvalue weighted by atomic mass is 35.5. The number of fused-ring (bicyclic) bond motifs is 1. The Labute approximate surface area is 153 Å². The highest BCUT2D eigenvalue weighted by Gasteiger charge is 2.26. The first-order valence-electron chi connectivity index (χ1n) is 7.20. The molecule has 1 aliphatic rings. The van der Waals surface area contributed by atoms with Crippen molar-refractivity contribution in [2.45, 2.75) is 25.8 Å². The van der Waals surface area contributed by atoms with E-state index in [1.165, 1.54) is 5.56 Å². The zero-order chi connectivity index (χ0) is 15.6. The summed E-state index contributed by atoms with van der Waals surface area (Å²) in [5.41, 5.74) is 8.26. The lowest BCUT2D eigenvalue weighted by Crippen LogP contribution is -2.45. The maximum absolute atomic E-state index is 12.1. The SMILES string of the molecule is CC1(C)Cc2ccccc2C(NNC(=O)c2ccncc2)=N1.Cl.Cl. The number of rotatable bonds is 1. The minimum absolute atomic E-state index is 0. The normalized spacial score (nSPS) is 14.2. The molecule has 0 radical (unpaired) electrons. The van der Waals surface area contributed by atoms with Gasteiger partial charge in [0.2, 0.25) is 0 Å². The first kappa shape index (κ1) is 19.9. The van der Waals surface area contributed by atoms with Crippen molar-refractivity contribution in [3.05, 3.63) is 65.5 Å². The summed E-state index contributed by atoms with van der Waals surface area (Å²) in [6.07, 6.45) is 4.06. The van der Waals surface area contributed by atoms with Gasteiger partial charge in [0.25, 0.3) is 5.91 Å². The third-order valence-electron chi connectivity index (χ3n) is 3.55. The monoisotopic (exact) mass is 366 g/mol. The highest BCUT2D eigenvalue weighted by molar-refractivity contribution is 6.03. The van der Waals surface area contributed by atoms with Crippen LogP contribution in [0.4, 0.5) is 0 Å². The zero-order valence-corrected chi connectivity index (χ0v) is 15.1. The van der Waals surface area contributed by atoms with Gasteiger partial charge in [-0.05, 0) is 38.0 Å². The summed E-state index contributed by atoms with van der Waals surface area (Å²) in [5, 5.41) is 0. The molecule has 0 spiro atoms. The number of hydrogen-bond acceptors (Lipinski definition) is 4. The maximum atomic E-state index is 12.1. The molecule has 0 saturated heterocycles. The summed E-state index contributed by atoms with van der Waals surface area (Å²) >= 11 is 0. The van der Waals surface area contributed by atoms with E-state index in [1.54, 1.807) is 24.5 Å². The van der Waals surface area contributed by atoms with Crippen LogP contribution in [-0.2, 0) is 6.42 Å². The van der Waals surface area contributed by atoms with Crippen molar-refractivity contribution in [3.63, 3.8) is 0 Å². The molecule has 3 rings (SSSR count). The second kappa shape index (κ2) is 8.13. The van der Waals surface area contributed by atoms with Crippen LogP contribution < -0.4 is 10.9 Å². The van der Waals surface area contributed by atoms with Gasteiger partial charge in [0, 0.05) is 23.5 Å². The lowest BCUT2D eigenvalue weighted by atomic mass is 9.89. The molecule has 0 unspecified atom stereocenters. The van der Waals surface area contributed by atoms with Crippen LogP contribution in [0.15, 0.2) is 53.8 Å². The molecule has 1 aromatic heterocycles. The Bertz CT molecular complexity index is 732. The molecule has 2 N–H and O–H groups in total. The van der Waals surface area contributed by atoms with Gasteiger partial charge in [0.15, 0.2) is 0 Å². The van der Waals surface area contributed by atoms with Gasteiger partial charge in [0.1, 0.15) is 5.84 Å². The smallest absolute Gasteiger partial charge is 0.269 e. The zero-order valence-electron chi connectivity index (χ0n) is 13.4. The maximum Gasteiger partial charge on any atom is 0.269 e. The van der Waals surface area contributed by atoms with E-state index in [0.717, 1.165) is 12.0 Å². The minimum Gasteiger partial charge on any atom is -0.281 e. The number of benzene rings is 1. The van der Waals surface area contributed by atoms with E-state index in [1.807, 2.05) is 18.2 Å². The lowest BCUT2D eigenvalue weighted by Gasteiger charge is -2.29. The Balaban J connectivity index is 0.00000144. The van der Waals surface area contributed by atoms with Crippen molar-refractivity contribution < 1.29 is 4.79 Å². The number of amidine groups is 1. The number of aliphatic imine (C=N–C) groups is 1. The number of pyridine rings is 1. The number of hydrazine groups is 1. The van der Waals surface area contributed by atoms with Crippen molar-refractivity contribution >= 4 is 36.6 Å². The molecule has 0 atom stereocenters. The standard InChI is InChI=1S/C17H18N4O.2ClH/c1-17(2)11-13-5-3-4-6-14(13)15(19-17)20-21-16(22)12-7-9-18-10-8-12;;/h3-10H,11H2,1-2H3,(H,19,20)(H,21,22);2*1H. The molecule has 2 heterocycles. The topological polar surface area (TPSA) is 66.4 Å². The summed E-state index contributed by atoms with van der Waals surface area (Å²) < 4.78 is 0. The Kier molecular flexibility index (Phi) is 6.75. The van der Waals surface area contributed by atoms with Gasteiger partial charge >= 0.3 is 0 Å². The molecule has 1 amide bonds. The van der Waals surface area contributed by atoms with E-state index in [4.69, 9.17) is 4.99 Å². The molecule has 1 aromatic carbocycles. The van der Waals surface area contributed by atoms with Gasteiger partial charge in [-0.3, -0.25) is 25.6 Å². The molecule has 24 heavy (non-hydrogen) atoms. The van der Waals surface area contributed by atoms with Gasteiger partial charge in [0.05, 0.1) is 5.54 Å². The van der Waals surface area contributed by atoms with E-state index in [-0.39, 0.29) is 36.3 Å². The van der Waals surface area contributed by atoms with Crippen LogP contribution in [0.2, 0.25) is 0 Å². The van der Waals surface area contributed by atoms with Gasteiger partial charge in [-0.15, -0.1) is 24.8 Å². The number of aromatic nitrogens is 1. The molecule has 128 valence electrons. The summed E-state index contributed by atoms with van der Waals surface area (Å²) in [7, 11) is 0. The molecule has 5 nitrogen and oxygen atoms in total. The molecular formula is C17H20Cl2N4O. The van der Waals surface area contributed by atoms with Crippen LogP contribution in [0.3, 0.4) is 0 Å². The Morgan fingerprint density at radius 3 is 2.46 bits per heavy atom. The summed E-state index contributed by atoms with van der Waals surface area (Å²) in [5.74, 6) is 0.472. The van der Waals surface area contributed by atoms with E-state index < -0.39 is 0 Å². The lowest BCUT2D eigenvalue weighted by molar-refractivity contribution is 0.0943. The first-order chi connectivity index (χ1) is 10.6. The van der Waals surface area contributed by atoms with E-state index in [2.05, 4.69) is 35.7 Å². The molecule has 0 saturated carbocycles. The number of carbonyl (C=O) groups excluding carboxylic acids is 1. The summed E-state index contributed by atoms with van der Waals surface area (Å²) in [6.45, 7) is 4.16. The van der Waals surface area contributed by atoms with Crippen LogP contribution in [0, 0.1) is 0 Å². The number of carbonyl (C=O) groups is 1.